The lowest BCUT2D eigenvalue weighted by Crippen LogP contribution is -1.98. The summed E-state index contributed by atoms with van der Waals surface area (Å²) in [5.74, 6) is 0.326. The Hall–Kier alpha value is -3.07. The molecule has 0 aliphatic rings. The van der Waals surface area contributed by atoms with Crippen molar-refractivity contribution in [2.75, 3.05) is 0 Å². The third-order valence-corrected chi connectivity index (χ3v) is 4.85. The molecule has 0 fully saturated rings. The summed E-state index contributed by atoms with van der Waals surface area (Å²) in [5.41, 5.74) is 4.06. The molecule has 0 spiro atoms. The number of nitrogens with zero attached hydrogens (tertiary/aromatic N) is 3. The molecule has 120 valence electrons. The van der Waals surface area contributed by atoms with Crippen LogP contribution in [-0.2, 0) is 0 Å². The van der Waals surface area contributed by atoms with Crippen LogP contribution in [0.15, 0.2) is 60.9 Å². The van der Waals surface area contributed by atoms with Crippen molar-refractivity contribution in [3.8, 4) is 0 Å². The van der Waals surface area contributed by atoms with Crippen molar-refractivity contribution in [3.63, 3.8) is 0 Å². The summed E-state index contributed by atoms with van der Waals surface area (Å²) >= 11 is 0. The third kappa shape index (κ3) is 2.02. The first kappa shape index (κ1) is 14.3. The average molecular weight is 323 g/mol. The Morgan fingerprint density at radius 1 is 0.680 bits per heavy atom. The number of fused-ring (bicyclic) bond motifs is 7. The highest BCUT2D eigenvalue weighted by atomic mass is 14.8. The van der Waals surface area contributed by atoms with Crippen LogP contribution in [0.25, 0.3) is 43.5 Å². The van der Waals surface area contributed by atoms with Crippen molar-refractivity contribution >= 4 is 43.5 Å². The van der Waals surface area contributed by atoms with Crippen molar-refractivity contribution in [2.24, 2.45) is 0 Å². The maximum Gasteiger partial charge on any atom is 0.0975 e. The van der Waals surface area contributed by atoms with Crippen molar-refractivity contribution in [1.29, 1.82) is 0 Å². The van der Waals surface area contributed by atoms with Gasteiger partial charge in [0.1, 0.15) is 0 Å². The Bertz CT molecular complexity index is 1270. The highest BCUT2D eigenvalue weighted by Gasteiger charge is 2.16. The second-order valence-electron chi connectivity index (χ2n) is 6.75. The fourth-order valence-corrected chi connectivity index (χ4v) is 3.70. The summed E-state index contributed by atoms with van der Waals surface area (Å²) in [6, 6.07) is 16.8. The topological polar surface area (TPSA) is 38.7 Å². The molecule has 5 aromatic rings. The lowest BCUT2D eigenvalue weighted by atomic mass is 9.95. The van der Waals surface area contributed by atoms with Crippen LogP contribution in [-0.4, -0.2) is 15.0 Å². The molecule has 3 heteroatoms. The molecule has 0 unspecified atom stereocenters. The second kappa shape index (κ2) is 5.21. The SMILES string of the molecule is CC(C)c1nc2c(ccc3cccnc32)c2c1ccc1cccnc12. The van der Waals surface area contributed by atoms with E-state index < -0.39 is 0 Å². The van der Waals surface area contributed by atoms with Gasteiger partial charge < -0.3 is 0 Å². The molecule has 0 bridgehead atoms. The highest BCUT2D eigenvalue weighted by Crippen LogP contribution is 2.36. The summed E-state index contributed by atoms with van der Waals surface area (Å²) in [5, 5.41) is 5.75. The quantitative estimate of drug-likeness (QED) is 0.376. The van der Waals surface area contributed by atoms with E-state index in [0.29, 0.717) is 5.92 Å². The molecule has 0 amide bonds. The van der Waals surface area contributed by atoms with Gasteiger partial charge in [0.15, 0.2) is 0 Å². The Morgan fingerprint density at radius 2 is 1.32 bits per heavy atom. The molecule has 2 aromatic carbocycles. The molecule has 0 N–H and O–H groups in total. The molecule has 3 heterocycles. The second-order valence-corrected chi connectivity index (χ2v) is 6.75. The van der Waals surface area contributed by atoms with Gasteiger partial charge >= 0.3 is 0 Å². The first-order valence-corrected chi connectivity index (χ1v) is 8.59. The highest BCUT2D eigenvalue weighted by molar-refractivity contribution is 6.22. The van der Waals surface area contributed by atoms with E-state index in [0.717, 1.165) is 38.4 Å². The molecular weight excluding hydrogens is 306 g/mol. The van der Waals surface area contributed by atoms with Gasteiger partial charge in [0, 0.05) is 39.3 Å². The Labute approximate surface area is 145 Å². The van der Waals surface area contributed by atoms with Crippen molar-refractivity contribution in [3.05, 3.63) is 66.6 Å². The van der Waals surface area contributed by atoms with E-state index >= 15 is 0 Å². The summed E-state index contributed by atoms with van der Waals surface area (Å²) in [4.78, 5) is 14.4. The molecule has 5 rings (SSSR count). The molecule has 0 atom stereocenters. The predicted octanol–water partition coefficient (Wildman–Crippen LogP) is 5.61. The Kier molecular flexibility index (Phi) is 2.98. The van der Waals surface area contributed by atoms with Gasteiger partial charge in [-0.05, 0) is 18.1 Å². The number of rotatable bonds is 1. The predicted molar refractivity (Wildman–Crippen MR) is 104 cm³/mol. The smallest absolute Gasteiger partial charge is 0.0975 e. The van der Waals surface area contributed by atoms with E-state index in [4.69, 9.17) is 9.97 Å². The van der Waals surface area contributed by atoms with Crippen LogP contribution in [0.3, 0.4) is 0 Å². The Balaban J connectivity index is 2.13. The van der Waals surface area contributed by atoms with E-state index in [2.05, 4.69) is 55.2 Å². The van der Waals surface area contributed by atoms with Crippen molar-refractivity contribution in [1.82, 2.24) is 15.0 Å². The van der Waals surface area contributed by atoms with Crippen molar-refractivity contribution in [2.45, 2.75) is 19.8 Å². The molecule has 0 aliphatic carbocycles. The number of hydrogen-bond donors (Lipinski definition) is 0. The van der Waals surface area contributed by atoms with E-state index in [9.17, 15) is 0 Å². The van der Waals surface area contributed by atoms with Crippen LogP contribution in [0.1, 0.15) is 25.5 Å². The van der Waals surface area contributed by atoms with Crippen LogP contribution in [0.4, 0.5) is 0 Å². The number of aromatic nitrogens is 3. The number of pyridine rings is 3. The first-order valence-electron chi connectivity index (χ1n) is 8.59. The summed E-state index contributed by atoms with van der Waals surface area (Å²) in [7, 11) is 0. The van der Waals surface area contributed by atoms with E-state index in [-0.39, 0.29) is 0 Å². The van der Waals surface area contributed by atoms with E-state index in [1.807, 2.05) is 24.5 Å². The lowest BCUT2D eigenvalue weighted by Gasteiger charge is -2.14. The molecule has 0 saturated carbocycles. The molecule has 25 heavy (non-hydrogen) atoms. The van der Waals surface area contributed by atoms with E-state index in [1.165, 1.54) is 10.8 Å². The normalized spacial score (nSPS) is 12.0. The largest absolute Gasteiger partial charge is 0.256 e. The monoisotopic (exact) mass is 323 g/mol. The summed E-state index contributed by atoms with van der Waals surface area (Å²) in [6.45, 7) is 4.38. The Morgan fingerprint density at radius 3 is 2.04 bits per heavy atom. The summed E-state index contributed by atoms with van der Waals surface area (Å²) in [6.07, 6.45) is 3.70. The van der Waals surface area contributed by atoms with Crippen molar-refractivity contribution < 1.29 is 0 Å². The standard InChI is InChI=1S/C22H17N3/c1-13(2)19-16-9-7-14-5-3-11-23-20(14)18(16)17-10-8-15-6-4-12-24-21(15)22(17)25-19/h3-13H,1-2H3. The molecule has 0 aliphatic heterocycles. The first-order chi connectivity index (χ1) is 12.2. The van der Waals surface area contributed by atoms with Gasteiger partial charge in [-0.3, -0.25) is 9.97 Å². The van der Waals surface area contributed by atoms with Gasteiger partial charge in [0.25, 0.3) is 0 Å². The zero-order chi connectivity index (χ0) is 17.0. The minimum Gasteiger partial charge on any atom is -0.256 e. The van der Waals surface area contributed by atoms with Gasteiger partial charge in [-0.2, -0.15) is 0 Å². The van der Waals surface area contributed by atoms with E-state index in [1.54, 1.807) is 0 Å². The molecule has 0 radical (unpaired) electrons. The van der Waals surface area contributed by atoms with Gasteiger partial charge in [-0.1, -0.05) is 50.2 Å². The van der Waals surface area contributed by atoms with Crippen LogP contribution in [0, 0.1) is 0 Å². The van der Waals surface area contributed by atoms with Crippen LogP contribution >= 0.6 is 0 Å². The molecular formula is C22H17N3. The van der Waals surface area contributed by atoms with Gasteiger partial charge in [0.05, 0.1) is 22.2 Å². The van der Waals surface area contributed by atoms with Crippen LogP contribution in [0.2, 0.25) is 0 Å². The fourth-order valence-electron chi connectivity index (χ4n) is 3.70. The average Bonchev–Trinajstić information content (AvgIpc) is 2.66. The summed E-state index contributed by atoms with van der Waals surface area (Å²) < 4.78 is 0. The van der Waals surface area contributed by atoms with Gasteiger partial charge in [0.2, 0.25) is 0 Å². The maximum atomic E-state index is 5.05. The molecule has 0 saturated heterocycles. The minimum absolute atomic E-state index is 0.326. The van der Waals surface area contributed by atoms with Crippen LogP contribution in [0.5, 0.6) is 0 Å². The zero-order valence-electron chi connectivity index (χ0n) is 14.2. The third-order valence-electron chi connectivity index (χ3n) is 4.85. The zero-order valence-corrected chi connectivity index (χ0v) is 14.2. The van der Waals surface area contributed by atoms with Crippen LogP contribution < -0.4 is 0 Å². The van der Waals surface area contributed by atoms with Gasteiger partial charge in [-0.25, -0.2) is 4.98 Å². The number of benzene rings is 2. The lowest BCUT2D eigenvalue weighted by molar-refractivity contribution is 0.841. The van der Waals surface area contributed by atoms with Gasteiger partial charge in [-0.15, -0.1) is 0 Å². The minimum atomic E-state index is 0.326. The maximum absolute atomic E-state index is 5.05. The fraction of sp³-hybridized carbons (Fsp3) is 0.136. The molecule has 3 nitrogen and oxygen atoms in total. The molecule has 3 aromatic heterocycles. The number of hydrogen-bond acceptors (Lipinski definition) is 3.